The second kappa shape index (κ2) is 9.32. The molecule has 1 fully saturated rings. The van der Waals surface area contributed by atoms with Gasteiger partial charge in [0.1, 0.15) is 5.75 Å². The fourth-order valence-electron chi connectivity index (χ4n) is 3.69. The maximum absolute atomic E-state index is 13.6. The van der Waals surface area contributed by atoms with E-state index in [0.29, 0.717) is 22.9 Å². The molecule has 0 bridgehead atoms. The lowest BCUT2D eigenvalue weighted by molar-refractivity contribution is 0.340. The Morgan fingerprint density at radius 2 is 1.71 bits per heavy atom. The van der Waals surface area contributed by atoms with E-state index >= 15 is 0 Å². The predicted octanol–water partition coefficient (Wildman–Crippen LogP) is 5.61. The summed E-state index contributed by atoms with van der Waals surface area (Å²) in [7, 11) is -3.91. The van der Waals surface area contributed by atoms with Gasteiger partial charge < -0.3 is 14.1 Å². The average molecular weight is 461 g/mol. The molecule has 3 aromatic rings. The fourth-order valence-corrected chi connectivity index (χ4v) is 5.23. The Balaban J connectivity index is 1.81. The van der Waals surface area contributed by atoms with Crippen LogP contribution in [0.2, 0.25) is 5.02 Å². The van der Waals surface area contributed by atoms with Crippen LogP contribution < -0.4 is 9.64 Å². The van der Waals surface area contributed by atoms with Crippen LogP contribution in [0.15, 0.2) is 62.9 Å². The number of hydrogen-bond acceptors (Lipinski definition) is 6. The highest BCUT2D eigenvalue weighted by atomic mass is 35.5. The topological polar surface area (TPSA) is 72.6 Å². The first-order chi connectivity index (χ1) is 15.0. The third-order valence-electron chi connectivity index (χ3n) is 5.28. The van der Waals surface area contributed by atoms with E-state index in [9.17, 15) is 8.42 Å². The minimum atomic E-state index is -3.91. The van der Waals surface area contributed by atoms with E-state index in [1.165, 1.54) is 12.1 Å². The highest BCUT2D eigenvalue weighted by molar-refractivity contribution is 7.91. The van der Waals surface area contributed by atoms with Crippen LogP contribution in [-0.4, -0.2) is 33.1 Å². The highest BCUT2D eigenvalue weighted by Crippen LogP contribution is 2.37. The van der Waals surface area contributed by atoms with Crippen molar-refractivity contribution >= 4 is 27.3 Å². The Kier molecular flexibility index (Phi) is 6.53. The summed E-state index contributed by atoms with van der Waals surface area (Å²) < 4.78 is 38.6. The van der Waals surface area contributed by atoms with Crippen LogP contribution in [0.3, 0.4) is 0 Å². The zero-order valence-electron chi connectivity index (χ0n) is 17.4. The number of nitrogens with zero attached hydrogens (tertiary/aromatic N) is 2. The molecule has 1 aromatic heterocycles. The first-order valence-corrected chi connectivity index (χ1v) is 12.4. The Bertz CT molecular complexity index is 1130. The van der Waals surface area contributed by atoms with Gasteiger partial charge in [0.2, 0.25) is 26.6 Å². The van der Waals surface area contributed by atoms with E-state index in [1.54, 1.807) is 24.3 Å². The molecule has 0 amide bonds. The van der Waals surface area contributed by atoms with E-state index < -0.39 is 9.84 Å². The summed E-state index contributed by atoms with van der Waals surface area (Å²) in [6.45, 7) is 3.84. The number of oxazole rings is 1. The average Bonchev–Trinajstić information content (AvgIpc) is 3.04. The Hall–Kier alpha value is -2.51. The van der Waals surface area contributed by atoms with Crippen LogP contribution in [0.1, 0.15) is 32.6 Å². The molecule has 1 aliphatic heterocycles. The van der Waals surface area contributed by atoms with E-state index in [4.69, 9.17) is 20.8 Å². The maximum Gasteiger partial charge on any atom is 0.236 e. The molecule has 0 radical (unpaired) electrons. The molecular formula is C23H25ClN2O4S. The van der Waals surface area contributed by atoms with Gasteiger partial charge in [0.15, 0.2) is 0 Å². The van der Waals surface area contributed by atoms with Crippen molar-refractivity contribution in [3.63, 3.8) is 0 Å². The van der Waals surface area contributed by atoms with Crippen LogP contribution in [0.4, 0.5) is 5.88 Å². The molecule has 2 aromatic carbocycles. The zero-order valence-corrected chi connectivity index (χ0v) is 19.0. The molecule has 4 rings (SSSR count). The number of aromatic nitrogens is 1. The van der Waals surface area contributed by atoms with E-state index in [-0.39, 0.29) is 21.7 Å². The summed E-state index contributed by atoms with van der Waals surface area (Å²) in [6, 6.07) is 13.5. The summed E-state index contributed by atoms with van der Waals surface area (Å²) in [5.41, 5.74) is 0.563. The van der Waals surface area contributed by atoms with Gasteiger partial charge in [-0.05, 0) is 56.2 Å². The second-order valence-electron chi connectivity index (χ2n) is 7.42. The number of rotatable bonds is 6. The van der Waals surface area contributed by atoms with Crippen LogP contribution in [-0.2, 0) is 9.84 Å². The van der Waals surface area contributed by atoms with Gasteiger partial charge in [-0.25, -0.2) is 8.42 Å². The van der Waals surface area contributed by atoms with Gasteiger partial charge in [-0.3, -0.25) is 0 Å². The Morgan fingerprint density at radius 3 is 2.35 bits per heavy atom. The molecule has 0 saturated carbocycles. The Labute approximate surface area is 187 Å². The van der Waals surface area contributed by atoms with Crippen molar-refractivity contribution in [1.29, 1.82) is 0 Å². The maximum atomic E-state index is 13.6. The molecule has 6 nitrogen and oxygen atoms in total. The van der Waals surface area contributed by atoms with Gasteiger partial charge in [0, 0.05) is 13.1 Å². The lowest BCUT2D eigenvalue weighted by atomic mass is 10.2. The highest BCUT2D eigenvalue weighted by Gasteiger charge is 2.32. The number of hydrogen-bond donors (Lipinski definition) is 0. The van der Waals surface area contributed by atoms with Gasteiger partial charge >= 0.3 is 0 Å². The zero-order chi connectivity index (χ0) is 21.8. The molecule has 0 N–H and O–H groups in total. The standard InChI is InChI=1S/C23H25ClN2O4S/c1-2-29-17-11-13-18(14-12-17)31(27,28)22-23(26-15-7-3-4-8-16-26)30-21(25-22)19-9-5-6-10-20(19)24/h5-6,9-14H,2-4,7-8,15-16H2,1H3. The third-order valence-corrected chi connectivity index (χ3v) is 7.27. The Morgan fingerprint density at radius 1 is 1.03 bits per heavy atom. The van der Waals surface area contributed by atoms with Crippen LogP contribution in [0, 0.1) is 0 Å². The minimum Gasteiger partial charge on any atom is -0.494 e. The second-order valence-corrected chi connectivity index (χ2v) is 9.69. The molecule has 0 atom stereocenters. The SMILES string of the molecule is CCOc1ccc(S(=O)(=O)c2nc(-c3ccccc3Cl)oc2N2CCCCCC2)cc1. The summed E-state index contributed by atoms with van der Waals surface area (Å²) in [5.74, 6) is 1.10. The largest absolute Gasteiger partial charge is 0.494 e. The fraction of sp³-hybridized carbons (Fsp3) is 0.348. The minimum absolute atomic E-state index is 0.0755. The molecule has 0 spiro atoms. The van der Waals surface area contributed by atoms with Crippen LogP contribution in [0.5, 0.6) is 5.75 Å². The molecule has 1 saturated heterocycles. The molecule has 2 heterocycles. The first kappa shape index (κ1) is 21.7. The monoisotopic (exact) mass is 460 g/mol. The van der Waals surface area contributed by atoms with Crippen molar-refractivity contribution in [2.24, 2.45) is 0 Å². The normalized spacial score (nSPS) is 15.0. The van der Waals surface area contributed by atoms with Gasteiger partial charge in [0.25, 0.3) is 0 Å². The van der Waals surface area contributed by atoms with E-state index in [0.717, 1.165) is 38.8 Å². The molecule has 164 valence electrons. The van der Waals surface area contributed by atoms with Crippen LogP contribution in [0.25, 0.3) is 11.5 Å². The molecule has 8 heteroatoms. The van der Waals surface area contributed by atoms with Crippen molar-refractivity contribution < 1.29 is 17.6 Å². The third kappa shape index (κ3) is 4.57. The molecule has 0 aliphatic carbocycles. The lowest BCUT2D eigenvalue weighted by Crippen LogP contribution is -2.25. The summed E-state index contributed by atoms with van der Waals surface area (Å²) in [4.78, 5) is 6.57. The molecule has 31 heavy (non-hydrogen) atoms. The quantitative estimate of drug-likeness (QED) is 0.476. The first-order valence-electron chi connectivity index (χ1n) is 10.5. The van der Waals surface area contributed by atoms with Crippen molar-refractivity contribution in [3.8, 4) is 17.2 Å². The number of ether oxygens (including phenoxy) is 1. The summed E-state index contributed by atoms with van der Waals surface area (Å²) in [6.07, 6.45) is 4.18. The summed E-state index contributed by atoms with van der Waals surface area (Å²) >= 11 is 6.33. The van der Waals surface area contributed by atoms with E-state index in [2.05, 4.69) is 4.98 Å². The molecule has 1 aliphatic rings. The predicted molar refractivity (Wildman–Crippen MR) is 121 cm³/mol. The summed E-state index contributed by atoms with van der Waals surface area (Å²) in [5, 5.41) is 0.379. The van der Waals surface area contributed by atoms with Gasteiger partial charge in [0.05, 0.1) is 22.1 Å². The van der Waals surface area contributed by atoms with Crippen molar-refractivity contribution in [2.45, 2.75) is 42.5 Å². The van der Waals surface area contributed by atoms with Gasteiger partial charge in [-0.2, -0.15) is 4.98 Å². The smallest absolute Gasteiger partial charge is 0.236 e. The number of benzene rings is 2. The van der Waals surface area contributed by atoms with Crippen molar-refractivity contribution in [2.75, 3.05) is 24.6 Å². The number of sulfone groups is 1. The van der Waals surface area contributed by atoms with Crippen molar-refractivity contribution in [3.05, 3.63) is 53.6 Å². The van der Waals surface area contributed by atoms with Crippen molar-refractivity contribution in [1.82, 2.24) is 4.98 Å². The van der Waals surface area contributed by atoms with Gasteiger partial charge in [-0.1, -0.05) is 36.6 Å². The number of anilines is 1. The van der Waals surface area contributed by atoms with Crippen LogP contribution >= 0.6 is 11.6 Å². The number of halogens is 1. The molecule has 0 unspecified atom stereocenters. The van der Waals surface area contributed by atoms with E-state index in [1.807, 2.05) is 24.0 Å². The van der Waals surface area contributed by atoms with Gasteiger partial charge in [-0.15, -0.1) is 0 Å². The lowest BCUT2D eigenvalue weighted by Gasteiger charge is -2.20. The molecular weight excluding hydrogens is 436 g/mol.